The zero-order valence-electron chi connectivity index (χ0n) is 14.5. The van der Waals surface area contributed by atoms with Gasteiger partial charge in [0.25, 0.3) is 0 Å². The first-order valence-corrected chi connectivity index (χ1v) is 8.29. The van der Waals surface area contributed by atoms with E-state index in [4.69, 9.17) is 4.52 Å². The van der Waals surface area contributed by atoms with Crippen LogP contribution >= 0.6 is 0 Å². The number of hydrogen-bond donors (Lipinski definition) is 1. The predicted molar refractivity (Wildman–Crippen MR) is 87.9 cm³/mol. The van der Waals surface area contributed by atoms with Crippen molar-refractivity contribution >= 4 is 11.7 Å². The molecule has 0 radical (unpaired) electrons. The summed E-state index contributed by atoms with van der Waals surface area (Å²) in [5.41, 5.74) is -0.107. The van der Waals surface area contributed by atoms with Gasteiger partial charge in [0.2, 0.25) is 5.91 Å². The van der Waals surface area contributed by atoms with Crippen LogP contribution in [0.2, 0.25) is 0 Å². The van der Waals surface area contributed by atoms with Crippen molar-refractivity contribution in [3.05, 3.63) is 11.8 Å². The van der Waals surface area contributed by atoms with Crippen molar-refractivity contribution in [2.45, 2.75) is 65.3 Å². The summed E-state index contributed by atoms with van der Waals surface area (Å²) >= 11 is 0. The van der Waals surface area contributed by atoms with Crippen LogP contribution in [0.5, 0.6) is 0 Å². The van der Waals surface area contributed by atoms with E-state index in [1.165, 1.54) is 6.42 Å². The van der Waals surface area contributed by atoms with Crippen molar-refractivity contribution in [1.82, 2.24) is 10.1 Å². The molecule has 1 aliphatic rings. The second kappa shape index (κ2) is 6.82. The van der Waals surface area contributed by atoms with Gasteiger partial charge in [-0.2, -0.15) is 0 Å². The van der Waals surface area contributed by atoms with E-state index in [9.17, 15) is 4.79 Å². The van der Waals surface area contributed by atoms with Gasteiger partial charge in [0.15, 0.2) is 5.82 Å². The number of nitrogens with zero attached hydrogens (tertiary/aromatic N) is 2. The molecule has 1 fully saturated rings. The average Bonchev–Trinajstić information content (AvgIpc) is 2.87. The number of amides is 1. The van der Waals surface area contributed by atoms with Crippen LogP contribution in [0.1, 0.15) is 59.6 Å². The second-order valence-corrected chi connectivity index (χ2v) is 7.72. The minimum absolute atomic E-state index is 0.0362. The zero-order chi connectivity index (χ0) is 16.3. The summed E-state index contributed by atoms with van der Waals surface area (Å²) in [5.74, 6) is 1.90. The number of aromatic nitrogens is 1. The van der Waals surface area contributed by atoms with E-state index >= 15 is 0 Å². The molecule has 0 unspecified atom stereocenters. The van der Waals surface area contributed by atoms with Crippen LogP contribution < -0.4 is 5.32 Å². The van der Waals surface area contributed by atoms with E-state index in [0.29, 0.717) is 11.7 Å². The highest BCUT2D eigenvalue weighted by molar-refractivity contribution is 5.94. The quantitative estimate of drug-likeness (QED) is 0.926. The van der Waals surface area contributed by atoms with Crippen LogP contribution in [-0.2, 0) is 10.2 Å². The van der Waals surface area contributed by atoms with E-state index in [1.807, 2.05) is 6.07 Å². The fraction of sp³-hybridized carbons (Fsp3) is 0.765. The number of likely N-dealkylation sites (tertiary alicyclic amines) is 1. The number of hydrogen-bond acceptors (Lipinski definition) is 4. The standard InChI is InChI=1S/C17H29N3O2/c1-12(2)11-20-9-7-6-8-13(20)16(21)18-15-10-14(22-19-15)17(3,4)5/h10,12-13H,6-9,11H2,1-5H3,(H,18,19,21)/t13-/m0/s1. The summed E-state index contributed by atoms with van der Waals surface area (Å²) in [6.07, 6.45) is 3.20. The molecular formula is C17H29N3O2. The summed E-state index contributed by atoms with van der Waals surface area (Å²) in [7, 11) is 0. The first-order valence-electron chi connectivity index (χ1n) is 8.29. The molecule has 2 heterocycles. The normalized spacial score (nSPS) is 20.4. The molecule has 1 N–H and O–H groups in total. The highest BCUT2D eigenvalue weighted by Gasteiger charge is 2.30. The highest BCUT2D eigenvalue weighted by atomic mass is 16.5. The first kappa shape index (κ1) is 17.0. The fourth-order valence-electron chi connectivity index (χ4n) is 2.87. The molecule has 1 aliphatic heterocycles. The van der Waals surface area contributed by atoms with Crippen molar-refractivity contribution in [2.75, 3.05) is 18.4 Å². The number of anilines is 1. The Bertz CT molecular complexity index is 502. The maximum Gasteiger partial charge on any atom is 0.242 e. The molecule has 1 atom stereocenters. The monoisotopic (exact) mass is 307 g/mol. The molecule has 0 aromatic carbocycles. The van der Waals surface area contributed by atoms with E-state index in [-0.39, 0.29) is 17.4 Å². The highest BCUT2D eigenvalue weighted by Crippen LogP contribution is 2.25. The van der Waals surface area contributed by atoms with Gasteiger partial charge in [-0.1, -0.05) is 46.2 Å². The summed E-state index contributed by atoms with van der Waals surface area (Å²) in [6.45, 7) is 12.5. The SMILES string of the molecule is CC(C)CN1CCCC[C@H]1C(=O)Nc1cc(C(C)(C)C)on1. The Morgan fingerprint density at radius 2 is 2.18 bits per heavy atom. The first-order chi connectivity index (χ1) is 10.3. The number of carbonyl (C=O) groups is 1. The van der Waals surface area contributed by atoms with Gasteiger partial charge in [-0.15, -0.1) is 0 Å². The lowest BCUT2D eigenvalue weighted by Gasteiger charge is -2.35. The third-order valence-electron chi connectivity index (χ3n) is 4.02. The van der Waals surface area contributed by atoms with Gasteiger partial charge in [0, 0.05) is 18.0 Å². The molecule has 1 aromatic rings. The third-order valence-corrected chi connectivity index (χ3v) is 4.02. The van der Waals surface area contributed by atoms with Crippen LogP contribution in [0.25, 0.3) is 0 Å². The Kier molecular flexibility index (Phi) is 5.27. The van der Waals surface area contributed by atoms with Crippen LogP contribution in [0.15, 0.2) is 10.6 Å². The van der Waals surface area contributed by atoms with Gasteiger partial charge >= 0.3 is 0 Å². The molecule has 22 heavy (non-hydrogen) atoms. The molecule has 5 nitrogen and oxygen atoms in total. The minimum Gasteiger partial charge on any atom is -0.359 e. The van der Waals surface area contributed by atoms with Crippen molar-refractivity contribution in [3.63, 3.8) is 0 Å². The maximum atomic E-state index is 12.6. The number of piperidine rings is 1. The Labute approximate surface area is 133 Å². The van der Waals surface area contributed by atoms with E-state index in [0.717, 1.165) is 31.7 Å². The van der Waals surface area contributed by atoms with E-state index < -0.39 is 0 Å². The molecule has 0 aliphatic carbocycles. The van der Waals surface area contributed by atoms with Crippen LogP contribution in [0, 0.1) is 5.92 Å². The van der Waals surface area contributed by atoms with Gasteiger partial charge in [-0.05, 0) is 25.3 Å². The Balaban J connectivity index is 2.02. The third kappa shape index (κ3) is 4.32. The van der Waals surface area contributed by atoms with E-state index in [2.05, 4.69) is 50.0 Å². The lowest BCUT2D eigenvalue weighted by atomic mass is 9.93. The van der Waals surface area contributed by atoms with Crippen molar-refractivity contribution < 1.29 is 9.32 Å². The van der Waals surface area contributed by atoms with Crippen molar-refractivity contribution in [1.29, 1.82) is 0 Å². The number of carbonyl (C=O) groups excluding carboxylic acids is 1. The maximum absolute atomic E-state index is 12.6. The number of nitrogens with one attached hydrogen (secondary N) is 1. The van der Waals surface area contributed by atoms with Gasteiger partial charge in [0.05, 0.1) is 6.04 Å². The van der Waals surface area contributed by atoms with Gasteiger partial charge in [0.1, 0.15) is 5.76 Å². The molecule has 5 heteroatoms. The Morgan fingerprint density at radius 3 is 2.77 bits per heavy atom. The predicted octanol–water partition coefficient (Wildman–Crippen LogP) is 3.42. The van der Waals surface area contributed by atoms with Gasteiger partial charge in [-0.3, -0.25) is 9.69 Å². The molecular weight excluding hydrogens is 278 g/mol. The lowest BCUT2D eigenvalue weighted by molar-refractivity contribution is -0.122. The molecule has 2 rings (SSSR count). The summed E-state index contributed by atoms with van der Waals surface area (Å²) in [6, 6.07) is 1.78. The summed E-state index contributed by atoms with van der Waals surface area (Å²) < 4.78 is 5.33. The molecule has 0 spiro atoms. The summed E-state index contributed by atoms with van der Waals surface area (Å²) in [4.78, 5) is 14.9. The average molecular weight is 307 g/mol. The zero-order valence-corrected chi connectivity index (χ0v) is 14.5. The van der Waals surface area contributed by atoms with Crippen LogP contribution in [0.4, 0.5) is 5.82 Å². The van der Waals surface area contributed by atoms with Crippen molar-refractivity contribution in [2.24, 2.45) is 5.92 Å². The summed E-state index contributed by atoms with van der Waals surface area (Å²) in [5, 5.41) is 6.90. The second-order valence-electron chi connectivity index (χ2n) is 7.72. The smallest absolute Gasteiger partial charge is 0.242 e. The lowest BCUT2D eigenvalue weighted by Crippen LogP contribution is -2.48. The van der Waals surface area contributed by atoms with E-state index in [1.54, 1.807) is 0 Å². The topological polar surface area (TPSA) is 58.4 Å². The fourth-order valence-corrected chi connectivity index (χ4v) is 2.87. The Morgan fingerprint density at radius 1 is 1.45 bits per heavy atom. The van der Waals surface area contributed by atoms with Crippen LogP contribution in [0.3, 0.4) is 0 Å². The van der Waals surface area contributed by atoms with Gasteiger partial charge in [-0.25, -0.2) is 0 Å². The van der Waals surface area contributed by atoms with Gasteiger partial charge < -0.3 is 9.84 Å². The minimum atomic E-state index is -0.107. The number of rotatable bonds is 4. The molecule has 0 saturated carbocycles. The van der Waals surface area contributed by atoms with Crippen LogP contribution in [-0.4, -0.2) is 35.1 Å². The molecule has 1 amide bonds. The molecule has 0 bridgehead atoms. The Hall–Kier alpha value is -1.36. The molecule has 1 aromatic heterocycles. The van der Waals surface area contributed by atoms with Crippen molar-refractivity contribution in [3.8, 4) is 0 Å². The largest absolute Gasteiger partial charge is 0.359 e. The molecule has 124 valence electrons. The molecule has 1 saturated heterocycles.